The third-order valence-corrected chi connectivity index (χ3v) is 2.43. The first-order valence-corrected chi connectivity index (χ1v) is 6.27. The van der Waals surface area contributed by atoms with E-state index in [4.69, 9.17) is 9.84 Å². The maximum absolute atomic E-state index is 11.6. The number of rotatable bonds is 7. The molecular formula is C14H17NO5. The number of hydrogen-bond donors (Lipinski definition) is 2. The van der Waals surface area contributed by atoms with Gasteiger partial charge in [0.05, 0.1) is 19.4 Å². The van der Waals surface area contributed by atoms with Crippen molar-refractivity contribution in [1.82, 2.24) is 0 Å². The van der Waals surface area contributed by atoms with E-state index in [0.29, 0.717) is 11.3 Å². The molecule has 0 aliphatic carbocycles. The predicted molar refractivity (Wildman–Crippen MR) is 72.3 cm³/mol. The van der Waals surface area contributed by atoms with Crippen LogP contribution in [-0.2, 0) is 25.5 Å². The van der Waals surface area contributed by atoms with E-state index in [2.05, 4.69) is 5.32 Å². The Bertz CT molecular complexity index is 498. The molecule has 0 aliphatic rings. The number of amides is 1. The zero-order chi connectivity index (χ0) is 15.0. The zero-order valence-corrected chi connectivity index (χ0v) is 11.2. The number of benzene rings is 1. The second-order valence-corrected chi connectivity index (χ2v) is 4.12. The molecule has 0 bridgehead atoms. The van der Waals surface area contributed by atoms with Gasteiger partial charge in [-0.3, -0.25) is 14.4 Å². The Labute approximate surface area is 116 Å². The minimum absolute atomic E-state index is 0.0223. The van der Waals surface area contributed by atoms with Crippen molar-refractivity contribution < 1.29 is 24.2 Å². The van der Waals surface area contributed by atoms with Crippen LogP contribution in [0.4, 0.5) is 5.69 Å². The fourth-order valence-corrected chi connectivity index (χ4v) is 1.61. The third kappa shape index (κ3) is 5.99. The monoisotopic (exact) mass is 279 g/mol. The average Bonchev–Trinajstić information content (AvgIpc) is 2.36. The first-order chi connectivity index (χ1) is 9.51. The van der Waals surface area contributed by atoms with E-state index >= 15 is 0 Å². The number of carboxylic acid groups (broad SMARTS) is 1. The zero-order valence-electron chi connectivity index (χ0n) is 11.2. The number of carbonyl (C=O) groups excluding carboxylic acids is 2. The molecule has 0 heterocycles. The maximum Gasteiger partial charge on any atom is 0.307 e. The van der Waals surface area contributed by atoms with Gasteiger partial charge in [0.15, 0.2) is 0 Å². The number of hydrogen-bond acceptors (Lipinski definition) is 4. The molecule has 0 aromatic heterocycles. The number of carboxylic acids is 1. The number of anilines is 1. The van der Waals surface area contributed by atoms with Gasteiger partial charge in [-0.1, -0.05) is 12.1 Å². The summed E-state index contributed by atoms with van der Waals surface area (Å²) in [6.07, 6.45) is -0.0526. The standard InChI is InChI=1S/C14H17NO5/c1-2-20-14(19)7-6-12(16)15-11-5-3-4-10(8-11)9-13(17)18/h3-5,8H,2,6-7,9H2,1H3,(H,15,16)(H,17,18). The van der Waals surface area contributed by atoms with E-state index in [1.165, 1.54) is 0 Å². The van der Waals surface area contributed by atoms with Crippen molar-refractivity contribution in [1.29, 1.82) is 0 Å². The van der Waals surface area contributed by atoms with Crippen LogP contribution in [0.2, 0.25) is 0 Å². The summed E-state index contributed by atoms with van der Waals surface area (Å²) >= 11 is 0. The molecule has 0 saturated heterocycles. The molecule has 0 fully saturated rings. The van der Waals surface area contributed by atoms with E-state index < -0.39 is 11.9 Å². The molecule has 1 amide bonds. The lowest BCUT2D eigenvalue weighted by Gasteiger charge is -2.06. The highest BCUT2D eigenvalue weighted by molar-refractivity contribution is 5.92. The van der Waals surface area contributed by atoms with Crippen LogP contribution in [0, 0.1) is 0 Å². The summed E-state index contributed by atoms with van der Waals surface area (Å²) in [5, 5.41) is 11.3. The van der Waals surface area contributed by atoms with Gasteiger partial charge in [0.1, 0.15) is 0 Å². The first-order valence-electron chi connectivity index (χ1n) is 6.27. The third-order valence-electron chi connectivity index (χ3n) is 2.43. The number of esters is 1. The molecule has 0 spiro atoms. The largest absolute Gasteiger partial charge is 0.481 e. The van der Waals surface area contributed by atoms with Crippen LogP contribution in [-0.4, -0.2) is 29.6 Å². The van der Waals surface area contributed by atoms with Crippen molar-refractivity contribution in [3.63, 3.8) is 0 Å². The highest BCUT2D eigenvalue weighted by Gasteiger charge is 2.08. The van der Waals surface area contributed by atoms with E-state index in [9.17, 15) is 14.4 Å². The van der Waals surface area contributed by atoms with Gasteiger partial charge in [0.25, 0.3) is 0 Å². The van der Waals surface area contributed by atoms with Crippen LogP contribution >= 0.6 is 0 Å². The Morgan fingerprint density at radius 1 is 1.25 bits per heavy atom. The lowest BCUT2D eigenvalue weighted by Crippen LogP contribution is -2.14. The number of nitrogens with one attached hydrogen (secondary N) is 1. The van der Waals surface area contributed by atoms with Gasteiger partial charge in [0.2, 0.25) is 5.91 Å². The van der Waals surface area contributed by atoms with Crippen molar-refractivity contribution in [2.75, 3.05) is 11.9 Å². The average molecular weight is 279 g/mol. The molecule has 0 radical (unpaired) electrons. The number of carbonyl (C=O) groups is 3. The van der Waals surface area contributed by atoms with Gasteiger partial charge in [-0.05, 0) is 24.6 Å². The fraction of sp³-hybridized carbons (Fsp3) is 0.357. The summed E-state index contributed by atoms with van der Waals surface area (Å²) in [5.74, 6) is -1.66. The molecule has 0 atom stereocenters. The topological polar surface area (TPSA) is 92.7 Å². The molecule has 2 N–H and O–H groups in total. The summed E-state index contributed by atoms with van der Waals surface area (Å²) in [5.41, 5.74) is 1.11. The Morgan fingerprint density at radius 2 is 2.00 bits per heavy atom. The van der Waals surface area contributed by atoms with Crippen LogP contribution in [0.3, 0.4) is 0 Å². The molecular weight excluding hydrogens is 262 g/mol. The van der Waals surface area contributed by atoms with Crippen molar-refractivity contribution in [2.24, 2.45) is 0 Å². The van der Waals surface area contributed by atoms with Gasteiger partial charge in [-0.2, -0.15) is 0 Å². The van der Waals surface area contributed by atoms with E-state index in [1.54, 1.807) is 31.2 Å². The second kappa shape index (κ2) is 7.93. The summed E-state index contributed by atoms with van der Waals surface area (Å²) in [6.45, 7) is 1.99. The molecule has 1 aromatic carbocycles. The van der Waals surface area contributed by atoms with Gasteiger partial charge < -0.3 is 15.2 Å². The van der Waals surface area contributed by atoms with Gasteiger partial charge >= 0.3 is 11.9 Å². The quantitative estimate of drug-likeness (QED) is 0.739. The van der Waals surface area contributed by atoms with Crippen LogP contribution < -0.4 is 5.32 Å². The van der Waals surface area contributed by atoms with Crippen LogP contribution in [0.1, 0.15) is 25.3 Å². The van der Waals surface area contributed by atoms with Crippen molar-refractivity contribution in [3.05, 3.63) is 29.8 Å². The van der Waals surface area contributed by atoms with Gasteiger partial charge in [0, 0.05) is 12.1 Å². The van der Waals surface area contributed by atoms with Crippen molar-refractivity contribution in [3.8, 4) is 0 Å². The highest BCUT2D eigenvalue weighted by atomic mass is 16.5. The van der Waals surface area contributed by atoms with Crippen molar-refractivity contribution >= 4 is 23.5 Å². The SMILES string of the molecule is CCOC(=O)CCC(=O)Nc1cccc(CC(=O)O)c1. The summed E-state index contributed by atoms with van der Waals surface area (Å²) in [7, 11) is 0. The molecule has 0 unspecified atom stereocenters. The summed E-state index contributed by atoms with van der Waals surface area (Å²) in [6, 6.07) is 6.59. The summed E-state index contributed by atoms with van der Waals surface area (Å²) < 4.78 is 4.72. The van der Waals surface area contributed by atoms with E-state index in [1.807, 2.05) is 0 Å². The van der Waals surface area contributed by atoms with E-state index in [0.717, 1.165) is 0 Å². The fourth-order valence-electron chi connectivity index (χ4n) is 1.61. The van der Waals surface area contributed by atoms with Gasteiger partial charge in [-0.15, -0.1) is 0 Å². The second-order valence-electron chi connectivity index (χ2n) is 4.12. The molecule has 6 nitrogen and oxygen atoms in total. The number of aliphatic carboxylic acids is 1. The van der Waals surface area contributed by atoms with Gasteiger partial charge in [-0.25, -0.2) is 0 Å². The lowest BCUT2D eigenvalue weighted by molar-refractivity contribution is -0.144. The summed E-state index contributed by atoms with van der Waals surface area (Å²) in [4.78, 5) is 33.3. The van der Waals surface area contributed by atoms with Crippen LogP contribution in [0.15, 0.2) is 24.3 Å². The normalized spacial score (nSPS) is 9.85. The minimum atomic E-state index is -0.934. The Hall–Kier alpha value is -2.37. The molecule has 1 aromatic rings. The lowest BCUT2D eigenvalue weighted by atomic mass is 10.1. The van der Waals surface area contributed by atoms with Crippen molar-refractivity contribution in [2.45, 2.75) is 26.2 Å². The molecule has 1 rings (SSSR count). The Balaban J connectivity index is 2.49. The molecule has 108 valence electrons. The Morgan fingerprint density at radius 3 is 2.65 bits per heavy atom. The minimum Gasteiger partial charge on any atom is -0.481 e. The smallest absolute Gasteiger partial charge is 0.307 e. The molecule has 0 saturated carbocycles. The predicted octanol–water partition coefficient (Wildman–Crippen LogP) is 1.60. The molecule has 20 heavy (non-hydrogen) atoms. The van der Waals surface area contributed by atoms with Crippen LogP contribution in [0.25, 0.3) is 0 Å². The molecule has 6 heteroatoms. The van der Waals surface area contributed by atoms with E-state index in [-0.39, 0.29) is 31.8 Å². The maximum atomic E-state index is 11.6. The van der Waals surface area contributed by atoms with Crippen LogP contribution in [0.5, 0.6) is 0 Å². The number of ether oxygens (including phenoxy) is 1. The first kappa shape index (κ1) is 15.7. The highest BCUT2D eigenvalue weighted by Crippen LogP contribution is 2.12. The molecule has 0 aliphatic heterocycles. The Kier molecular flexibility index (Phi) is 6.22.